The van der Waals surface area contributed by atoms with Gasteiger partial charge in [-0.3, -0.25) is 4.79 Å². The molecule has 1 unspecified atom stereocenters. The Hall–Kier alpha value is -1.81. The average Bonchev–Trinajstić information content (AvgIpc) is 3.20. The van der Waals surface area contributed by atoms with Gasteiger partial charge in [-0.25, -0.2) is 0 Å². The first-order valence-corrected chi connectivity index (χ1v) is 7.72. The summed E-state index contributed by atoms with van der Waals surface area (Å²) >= 11 is 0. The summed E-state index contributed by atoms with van der Waals surface area (Å²) in [4.78, 5) is 15.4. The third-order valence-corrected chi connectivity index (χ3v) is 4.80. The SMILES string of the molecule is CCC1(CNC(=O)C(N)Cc2c[nH]c3ccccc23)CC1. The summed E-state index contributed by atoms with van der Waals surface area (Å²) < 4.78 is 0. The summed E-state index contributed by atoms with van der Waals surface area (Å²) in [6.07, 6.45) is 6.09. The van der Waals surface area contributed by atoms with Gasteiger partial charge in [0.05, 0.1) is 6.04 Å². The van der Waals surface area contributed by atoms with Crippen molar-refractivity contribution in [2.24, 2.45) is 11.1 Å². The molecule has 112 valence electrons. The van der Waals surface area contributed by atoms with Crippen LogP contribution < -0.4 is 11.1 Å². The van der Waals surface area contributed by atoms with E-state index in [9.17, 15) is 4.79 Å². The fourth-order valence-electron chi connectivity index (χ4n) is 2.87. The molecule has 0 radical (unpaired) electrons. The molecule has 1 aromatic carbocycles. The van der Waals surface area contributed by atoms with E-state index in [1.165, 1.54) is 12.8 Å². The third kappa shape index (κ3) is 2.95. The molecule has 2 aromatic rings. The van der Waals surface area contributed by atoms with Crippen molar-refractivity contribution in [3.63, 3.8) is 0 Å². The van der Waals surface area contributed by atoms with Crippen molar-refractivity contribution < 1.29 is 4.79 Å². The van der Waals surface area contributed by atoms with Gasteiger partial charge >= 0.3 is 0 Å². The number of carbonyl (C=O) groups excluding carboxylic acids is 1. The quantitative estimate of drug-likeness (QED) is 0.762. The maximum Gasteiger partial charge on any atom is 0.237 e. The van der Waals surface area contributed by atoms with Gasteiger partial charge < -0.3 is 16.0 Å². The Kier molecular flexibility index (Phi) is 3.72. The number of benzene rings is 1. The van der Waals surface area contributed by atoms with Gasteiger partial charge in [0.1, 0.15) is 0 Å². The molecular formula is C17H23N3O. The highest BCUT2D eigenvalue weighted by Gasteiger charge is 2.40. The number of rotatable bonds is 6. The van der Waals surface area contributed by atoms with E-state index in [1.54, 1.807) is 0 Å². The van der Waals surface area contributed by atoms with Crippen molar-refractivity contribution >= 4 is 16.8 Å². The molecule has 1 fully saturated rings. The van der Waals surface area contributed by atoms with Gasteiger partial charge in [0.2, 0.25) is 5.91 Å². The van der Waals surface area contributed by atoms with E-state index in [0.717, 1.165) is 29.4 Å². The Morgan fingerprint density at radius 2 is 2.19 bits per heavy atom. The maximum absolute atomic E-state index is 12.1. The topological polar surface area (TPSA) is 70.9 Å². The largest absolute Gasteiger partial charge is 0.361 e. The number of aromatic amines is 1. The van der Waals surface area contributed by atoms with Crippen molar-refractivity contribution in [3.8, 4) is 0 Å². The fourth-order valence-corrected chi connectivity index (χ4v) is 2.87. The van der Waals surface area contributed by atoms with Crippen molar-refractivity contribution in [1.82, 2.24) is 10.3 Å². The summed E-state index contributed by atoms with van der Waals surface area (Å²) in [7, 11) is 0. The Bertz CT molecular complexity index is 642. The van der Waals surface area contributed by atoms with Crippen LogP contribution in [0.2, 0.25) is 0 Å². The predicted octanol–water partition coefficient (Wildman–Crippen LogP) is 2.34. The molecular weight excluding hydrogens is 262 g/mol. The zero-order chi connectivity index (χ0) is 14.9. The number of nitrogens with one attached hydrogen (secondary N) is 2. The first-order valence-electron chi connectivity index (χ1n) is 7.72. The highest BCUT2D eigenvalue weighted by Crippen LogP contribution is 2.47. The van der Waals surface area contributed by atoms with Crippen LogP contribution in [0.25, 0.3) is 10.9 Å². The van der Waals surface area contributed by atoms with Crippen molar-refractivity contribution in [2.45, 2.75) is 38.6 Å². The molecule has 21 heavy (non-hydrogen) atoms. The molecule has 1 atom stereocenters. The number of fused-ring (bicyclic) bond motifs is 1. The van der Waals surface area contributed by atoms with E-state index in [4.69, 9.17) is 5.73 Å². The van der Waals surface area contributed by atoms with Crippen LogP contribution in [0.1, 0.15) is 31.7 Å². The van der Waals surface area contributed by atoms with Crippen LogP contribution in [0, 0.1) is 5.41 Å². The molecule has 3 rings (SSSR count). The molecule has 1 amide bonds. The molecule has 0 aliphatic heterocycles. The smallest absolute Gasteiger partial charge is 0.237 e. The number of hydrogen-bond acceptors (Lipinski definition) is 2. The first-order chi connectivity index (χ1) is 10.1. The van der Waals surface area contributed by atoms with Gasteiger partial charge in [-0.05, 0) is 42.7 Å². The van der Waals surface area contributed by atoms with Gasteiger partial charge in [0.15, 0.2) is 0 Å². The normalized spacial score (nSPS) is 17.6. The third-order valence-electron chi connectivity index (χ3n) is 4.80. The summed E-state index contributed by atoms with van der Waals surface area (Å²) in [6, 6.07) is 7.60. The minimum Gasteiger partial charge on any atom is -0.361 e. The molecule has 0 bridgehead atoms. The van der Waals surface area contributed by atoms with Crippen molar-refractivity contribution in [1.29, 1.82) is 0 Å². The second-order valence-corrected chi connectivity index (χ2v) is 6.24. The van der Waals surface area contributed by atoms with Crippen molar-refractivity contribution in [2.75, 3.05) is 6.54 Å². The van der Waals surface area contributed by atoms with Gasteiger partial charge in [-0.15, -0.1) is 0 Å². The van der Waals surface area contributed by atoms with Crippen LogP contribution in [-0.4, -0.2) is 23.5 Å². The van der Waals surface area contributed by atoms with Gasteiger partial charge in [-0.1, -0.05) is 25.1 Å². The number of H-pyrrole nitrogens is 1. The zero-order valence-electron chi connectivity index (χ0n) is 12.5. The molecule has 1 heterocycles. The standard InChI is InChI=1S/C17H23N3O/c1-2-17(7-8-17)11-20-16(21)14(18)9-12-10-19-15-6-4-3-5-13(12)15/h3-6,10,14,19H,2,7-9,11,18H2,1H3,(H,20,21). The summed E-state index contributed by atoms with van der Waals surface area (Å²) in [5.41, 5.74) is 8.61. The number of para-hydroxylation sites is 1. The zero-order valence-corrected chi connectivity index (χ0v) is 12.5. The lowest BCUT2D eigenvalue weighted by molar-refractivity contribution is -0.122. The van der Waals surface area contributed by atoms with E-state index in [1.807, 2.05) is 24.4 Å². The molecule has 1 saturated carbocycles. The van der Waals surface area contributed by atoms with E-state index < -0.39 is 6.04 Å². The van der Waals surface area contributed by atoms with Crippen LogP contribution in [0.5, 0.6) is 0 Å². The van der Waals surface area contributed by atoms with E-state index in [-0.39, 0.29) is 5.91 Å². The molecule has 1 aliphatic carbocycles. The molecule has 0 spiro atoms. The van der Waals surface area contributed by atoms with Gasteiger partial charge in [0.25, 0.3) is 0 Å². The lowest BCUT2D eigenvalue weighted by Gasteiger charge is -2.16. The van der Waals surface area contributed by atoms with Gasteiger partial charge in [-0.2, -0.15) is 0 Å². The molecule has 4 heteroatoms. The molecule has 1 aromatic heterocycles. The van der Waals surface area contributed by atoms with Crippen LogP contribution >= 0.6 is 0 Å². The Labute approximate surface area is 125 Å². The van der Waals surface area contributed by atoms with Crippen LogP contribution in [-0.2, 0) is 11.2 Å². The maximum atomic E-state index is 12.1. The second-order valence-electron chi connectivity index (χ2n) is 6.24. The number of amides is 1. The minimum atomic E-state index is -0.489. The molecule has 4 N–H and O–H groups in total. The molecule has 0 saturated heterocycles. The minimum absolute atomic E-state index is 0.0417. The predicted molar refractivity (Wildman–Crippen MR) is 84.9 cm³/mol. The second kappa shape index (κ2) is 5.53. The number of carbonyl (C=O) groups is 1. The van der Waals surface area contributed by atoms with Crippen LogP contribution in [0.3, 0.4) is 0 Å². The summed E-state index contributed by atoms with van der Waals surface area (Å²) in [5, 5.41) is 4.17. The molecule has 4 nitrogen and oxygen atoms in total. The Morgan fingerprint density at radius 1 is 1.43 bits per heavy atom. The Balaban J connectivity index is 1.60. The number of nitrogens with two attached hydrogens (primary N) is 1. The fraction of sp³-hybridized carbons (Fsp3) is 0.471. The van der Waals surface area contributed by atoms with Crippen LogP contribution in [0.4, 0.5) is 0 Å². The van der Waals surface area contributed by atoms with Crippen LogP contribution in [0.15, 0.2) is 30.5 Å². The molecule has 1 aliphatic rings. The van der Waals surface area contributed by atoms with E-state index in [0.29, 0.717) is 11.8 Å². The first kappa shape index (κ1) is 14.1. The number of aromatic nitrogens is 1. The highest BCUT2D eigenvalue weighted by atomic mass is 16.2. The number of hydrogen-bond donors (Lipinski definition) is 3. The monoisotopic (exact) mass is 285 g/mol. The lowest BCUT2D eigenvalue weighted by atomic mass is 10.0. The van der Waals surface area contributed by atoms with E-state index >= 15 is 0 Å². The van der Waals surface area contributed by atoms with Gasteiger partial charge in [0, 0.05) is 23.6 Å². The Morgan fingerprint density at radius 3 is 2.90 bits per heavy atom. The van der Waals surface area contributed by atoms with E-state index in [2.05, 4.69) is 23.3 Å². The van der Waals surface area contributed by atoms with Crippen molar-refractivity contribution in [3.05, 3.63) is 36.0 Å². The summed E-state index contributed by atoms with van der Waals surface area (Å²) in [6.45, 7) is 2.95. The highest BCUT2D eigenvalue weighted by molar-refractivity contribution is 5.86. The summed E-state index contributed by atoms with van der Waals surface area (Å²) in [5.74, 6) is -0.0417. The lowest BCUT2D eigenvalue weighted by Crippen LogP contribution is -2.43. The average molecular weight is 285 g/mol.